The molecule has 5 nitrogen and oxygen atoms in total. The number of H-pyrrole nitrogens is 1. The Morgan fingerprint density at radius 1 is 1.53 bits per heavy atom. The molecule has 2 heterocycles. The maximum atomic E-state index is 12.1. The van der Waals surface area contributed by atoms with Crippen LogP contribution in [0.1, 0.15) is 35.0 Å². The summed E-state index contributed by atoms with van der Waals surface area (Å²) >= 11 is 0. The Hall–Kier alpha value is -2.04. The number of hydrogen-bond donors (Lipinski definition) is 1. The topological polar surface area (TPSA) is 59.9 Å². The lowest BCUT2D eigenvalue weighted by Crippen LogP contribution is -2.06. The lowest BCUT2D eigenvalue weighted by atomic mass is 10.0. The van der Waals surface area contributed by atoms with Gasteiger partial charge in [-0.05, 0) is 31.7 Å². The van der Waals surface area contributed by atoms with Gasteiger partial charge < -0.3 is 9.72 Å². The predicted octanol–water partition coefficient (Wildman–Crippen LogP) is 2.08. The van der Waals surface area contributed by atoms with Crippen molar-refractivity contribution in [3.63, 3.8) is 0 Å². The number of carbonyl (C=O) groups excluding carboxylic acids is 1. The van der Waals surface area contributed by atoms with Crippen molar-refractivity contribution in [2.24, 2.45) is 7.05 Å². The second kappa shape index (κ2) is 4.57. The Bertz CT molecular complexity index is 625. The summed E-state index contributed by atoms with van der Waals surface area (Å²) < 4.78 is 6.98. The molecule has 0 saturated heterocycles. The van der Waals surface area contributed by atoms with Crippen LogP contribution in [-0.4, -0.2) is 27.3 Å². The van der Waals surface area contributed by atoms with E-state index in [0.717, 1.165) is 36.2 Å². The summed E-state index contributed by atoms with van der Waals surface area (Å²) in [5.41, 5.74) is 4.92. The van der Waals surface area contributed by atoms with Crippen molar-refractivity contribution in [3.8, 4) is 11.3 Å². The molecule has 5 heteroatoms. The van der Waals surface area contributed by atoms with E-state index in [9.17, 15) is 4.79 Å². The maximum absolute atomic E-state index is 12.1. The highest BCUT2D eigenvalue weighted by Crippen LogP contribution is 2.34. The third kappa shape index (κ3) is 1.85. The number of aryl methyl sites for hydroxylation is 3. The largest absolute Gasteiger partial charge is 0.462 e. The molecule has 0 unspecified atom stereocenters. The molecule has 2 aromatic rings. The van der Waals surface area contributed by atoms with E-state index in [4.69, 9.17) is 4.74 Å². The minimum atomic E-state index is -0.269. The van der Waals surface area contributed by atoms with Gasteiger partial charge in [-0.15, -0.1) is 0 Å². The van der Waals surface area contributed by atoms with E-state index in [2.05, 4.69) is 10.1 Å². The molecule has 1 N–H and O–H groups in total. The molecule has 100 valence electrons. The molecule has 0 spiro atoms. The Morgan fingerprint density at radius 2 is 2.37 bits per heavy atom. The first-order valence-electron chi connectivity index (χ1n) is 6.61. The van der Waals surface area contributed by atoms with Crippen LogP contribution in [0.2, 0.25) is 0 Å². The highest BCUT2D eigenvalue weighted by Gasteiger charge is 2.26. The van der Waals surface area contributed by atoms with E-state index in [1.807, 2.05) is 24.9 Å². The number of carbonyl (C=O) groups is 1. The molecule has 2 aromatic heterocycles. The third-order valence-corrected chi connectivity index (χ3v) is 3.58. The molecule has 0 amide bonds. The third-order valence-electron chi connectivity index (χ3n) is 3.58. The van der Waals surface area contributed by atoms with Gasteiger partial charge in [0.1, 0.15) is 0 Å². The summed E-state index contributed by atoms with van der Waals surface area (Å²) in [6.45, 7) is 2.20. The number of hydrogen-bond acceptors (Lipinski definition) is 3. The second-order valence-electron chi connectivity index (χ2n) is 4.77. The molecule has 0 fully saturated rings. The van der Waals surface area contributed by atoms with Crippen molar-refractivity contribution in [2.45, 2.75) is 26.2 Å². The first-order valence-corrected chi connectivity index (χ1v) is 6.61. The summed E-state index contributed by atoms with van der Waals surface area (Å²) in [7, 11) is 1.91. The van der Waals surface area contributed by atoms with Crippen molar-refractivity contribution in [1.29, 1.82) is 0 Å². The van der Waals surface area contributed by atoms with E-state index < -0.39 is 0 Å². The summed E-state index contributed by atoms with van der Waals surface area (Å²) in [5.74, 6) is -0.269. The summed E-state index contributed by atoms with van der Waals surface area (Å²) in [4.78, 5) is 15.3. The molecule has 0 aliphatic heterocycles. The van der Waals surface area contributed by atoms with Crippen LogP contribution in [0, 0.1) is 0 Å². The summed E-state index contributed by atoms with van der Waals surface area (Å²) in [6, 6.07) is 0. The van der Waals surface area contributed by atoms with Crippen LogP contribution in [0.3, 0.4) is 0 Å². The van der Waals surface area contributed by atoms with Gasteiger partial charge in [-0.2, -0.15) is 5.10 Å². The fourth-order valence-electron chi connectivity index (χ4n) is 2.75. The van der Waals surface area contributed by atoms with Crippen molar-refractivity contribution in [3.05, 3.63) is 29.2 Å². The maximum Gasteiger partial charge on any atom is 0.340 e. The number of esters is 1. The van der Waals surface area contributed by atoms with Gasteiger partial charge in [0.15, 0.2) is 0 Å². The zero-order valence-electron chi connectivity index (χ0n) is 11.2. The fourth-order valence-corrected chi connectivity index (χ4v) is 2.75. The van der Waals surface area contributed by atoms with Gasteiger partial charge in [-0.1, -0.05) is 0 Å². The molecule has 1 aliphatic rings. The van der Waals surface area contributed by atoms with Gasteiger partial charge >= 0.3 is 5.97 Å². The van der Waals surface area contributed by atoms with Crippen molar-refractivity contribution in [1.82, 2.24) is 14.8 Å². The average molecular weight is 259 g/mol. The number of fused-ring (bicyclic) bond motifs is 3. The SMILES string of the molecule is CCOC(=O)c1c[nH]c2c1-c1c(cnn1C)CCC2. The molecule has 0 atom stereocenters. The minimum absolute atomic E-state index is 0.269. The van der Waals surface area contributed by atoms with Gasteiger partial charge in [-0.25, -0.2) is 4.79 Å². The normalized spacial score (nSPS) is 13.6. The van der Waals surface area contributed by atoms with Crippen LogP contribution >= 0.6 is 0 Å². The number of nitrogens with zero attached hydrogens (tertiary/aromatic N) is 2. The van der Waals surface area contributed by atoms with Crippen LogP contribution in [0.25, 0.3) is 11.3 Å². The van der Waals surface area contributed by atoms with Crippen LogP contribution in [-0.2, 0) is 24.6 Å². The minimum Gasteiger partial charge on any atom is -0.462 e. The van der Waals surface area contributed by atoms with Gasteiger partial charge in [0, 0.05) is 24.5 Å². The quantitative estimate of drug-likeness (QED) is 0.840. The van der Waals surface area contributed by atoms with E-state index in [1.165, 1.54) is 5.56 Å². The molecular formula is C14H17N3O2. The molecule has 19 heavy (non-hydrogen) atoms. The number of ether oxygens (including phenoxy) is 1. The highest BCUT2D eigenvalue weighted by atomic mass is 16.5. The highest BCUT2D eigenvalue weighted by molar-refractivity contribution is 5.98. The van der Waals surface area contributed by atoms with Gasteiger partial charge in [0.2, 0.25) is 0 Å². The average Bonchev–Trinajstić information content (AvgIpc) is 2.89. The number of nitrogens with one attached hydrogen (secondary N) is 1. The second-order valence-corrected chi connectivity index (χ2v) is 4.77. The Balaban J connectivity index is 2.18. The van der Waals surface area contributed by atoms with Gasteiger partial charge in [0.25, 0.3) is 0 Å². The number of aromatic nitrogens is 3. The first kappa shape index (κ1) is 12.0. The van der Waals surface area contributed by atoms with E-state index in [0.29, 0.717) is 12.2 Å². The van der Waals surface area contributed by atoms with Gasteiger partial charge in [0.05, 0.1) is 24.1 Å². The van der Waals surface area contributed by atoms with E-state index in [1.54, 1.807) is 6.20 Å². The van der Waals surface area contributed by atoms with Crippen molar-refractivity contribution >= 4 is 5.97 Å². The van der Waals surface area contributed by atoms with Gasteiger partial charge in [-0.3, -0.25) is 4.68 Å². The molecule has 0 aromatic carbocycles. The summed E-state index contributed by atoms with van der Waals surface area (Å²) in [6.07, 6.45) is 6.66. The Kier molecular flexibility index (Phi) is 2.89. The lowest BCUT2D eigenvalue weighted by molar-refractivity contribution is 0.0527. The molecule has 0 radical (unpaired) electrons. The molecule has 1 aliphatic carbocycles. The van der Waals surface area contributed by atoms with Crippen LogP contribution in [0.5, 0.6) is 0 Å². The smallest absolute Gasteiger partial charge is 0.340 e. The van der Waals surface area contributed by atoms with Crippen LogP contribution in [0.15, 0.2) is 12.4 Å². The Labute approximate surface area is 111 Å². The molecule has 0 bridgehead atoms. The fraction of sp³-hybridized carbons (Fsp3) is 0.429. The zero-order chi connectivity index (χ0) is 13.4. The van der Waals surface area contributed by atoms with Crippen molar-refractivity contribution < 1.29 is 9.53 Å². The Morgan fingerprint density at radius 3 is 3.16 bits per heavy atom. The lowest BCUT2D eigenvalue weighted by Gasteiger charge is -2.07. The number of rotatable bonds is 2. The zero-order valence-corrected chi connectivity index (χ0v) is 11.2. The van der Waals surface area contributed by atoms with Crippen molar-refractivity contribution in [2.75, 3.05) is 6.61 Å². The number of aromatic amines is 1. The van der Waals surface area contributed by atoms with E-state index in [-0.39, 0.29) is 5.97 Å². The van der Waals surface area contributed by atoms with E-state index >= 15 is 0 Å². The molecular weight excluding hydrogens is 242 g/mol. The first-order chi connectivity index (χ1) is 9.22. The van der Waals surface area contributed by atoms with Crippen LogP contribution < -0.4 is 0 Å². The molecule has 0 saturated carbocycles. The summed E-state index contributed by atoms with van der Waals surface area (Å²) in [5, 5.41) is 4.32. The van der Waals surface area contributed by atoms with Crippen LogP contribution in [0.4, 0.5) is 0 Å². The standard InChI is InChI=1S/C14H17N3O2/c1-3-19-14(18)10-8-15-11-6-4-5-9-7-16-17(2)13(9)12(10)11/h7-8,15H,3-6H2,1-2H3. The monoisotopic (exact) mass is 259 g/mol. The molecule has 3 rings (SSSR count). The predicted molar refractivity (Wildman–Crippen MR) is 71.0 cm³/mol.